The van der Waals surface area contributed by atoms with Crippen LogP contribution in [0.3, 0.4) is 0 Å². The van der Waals surface area contributed by atoms with Crippen molar-refractivity contribution >= 4 is 11.8 Å². The van der Waals surface area contributed by atoms with Crippen LogP contribution < -0.4 is 10.6 Å². The van der Waals surface area contributed by atoms with Gasteiger partial charge in [0.1, 0.15) is 5.82 Å². The SMILES string of the molecule is CNc1nc(C)cc(NCCC2CCC(c3ccccc3)CC2)n1. The summed E-state index contributed by atoms with van der Waals surface area (Å²) in [5.74, 6) is 3.20. The zero-order chi connectivity index (χ0) is 16.8. The summed E-state index contributed by atoms with van der Waals surface area (Å²) < 4.78 is 0. The first-order chi connectivity index (χ1) is 11.7. The molecule has 1 aliphatic carbocycles. The highest BCUT2D eigenvalue weighted by atomic mass is 15.1. The Morgan fingerprint density at radius 2 is 1.79 bits per heavy atom. The fourth-order valence-corrected chi connectivity index (χ4v) is 3.68. The molecule has 1 saturated carbocycles. The molecule has 1 aromatic heterocycles. The predicted octanol–water partition coefficient (Wildman–Crippen LogP) is 4.60. The van der Waals surface area contributed by atoms with Crippen molar-refractivity contribution in [3.05, 3.63) is 47.7 Å². The van der Waals surface area contributed by atoms with Gasteiger partial charge in [0.25, 0.3) is 0 Å². The van der Waals surface area contributed by atoms with Gasteiger partial charge in [-0.3, -0.25) is 0 Å². The number of aromatic nitrogens is 2. The molecule has 0 unspecified atom stereocenters. The Hall–Kier alpha value is -2.10. The maximum atomic E-state index is 4.45. The molecule has 0 aliphatic heterocycles. The maximum absolute atomic E-state index is 4.45. The van der Waals surface area contributed by atoms with E-state index in [9.17, 15) is 0 Å². The molecular formula is C20H28N4. The number of nitrogens with zero attached hydrogens (tertiary/aromatic N) is 2. The van der Waals surface area contributed by atoms with Crippen LogP contribution in [-0.4, -0.2) is 23.6 Å². The van der Waals surface area contributed by atoms with Crippen molar-refractivity contribution in [3.8, 4) is 0 Å². The normalized spacial score (nSPS) is 20.6. The molecule has 0 radical (unpaired) electrons. The summed E-state index contributed by atoms with van der Waals surface area (Å²) in [6, 6.07) is 13.0. The van der Waals surface area contributed by atoms with Gasteiger partial charge in [-0.15, -0.1) is 0 Å². The van der Waals surface area contributed by atoms with Gasteiger partial charge in [-0.05, 0) is 56.4 Å². The quantitative estimate of drug-likeness (QED) is 0.815. The second-order valence-electron chi connectivity index (χ2n) is 6.81. The highest BCUT2D eigenvalue weighted by Gasteiger charge is 2.21. The highest BCUT2D eigenvalue weighted by Crippen LogP contribution is 2.36. The summed E-state index contributed by atoms with van der Waals surface area (Å²) in [5.41, 5.74) is 2.50. The minimum atomic E-state index is 0.681. The number of hydrogen-bond donors (Lipinski definition) is 2. The van der Waals surface area contributed by atoms with Crippen molar-refractivity contribution in [1.29, 1.82) is 0 Å². The minimum absolute atomic E-state index is 0.681. The fourth-order valence-electron chi connectivity index (χ4n) is 3.68. The monoisotopic (exact) mass is 324 g/mol. The molecule has 1 aromatic carbocycles. The van der Waals surface area contributed by atoms with Gasteiger partial charge < -0.3 is 10.6 Å². The molecule has 1 aliphatic rings. The lowest BCUT2D eigenvalue weighted by Crippen LogP contribution is -2.17. The second-order valence-corrected chi connectivity index (χ2v) is 6.81. The van der Waals surface area contributed by atoms with Gasteiger partial charge in [0.2, 0.25) is 5.95 Å². The zero-order valence-electron chi connectivity index (χ0n) is 14.8. The van der Waals surface area contributed by atoms with Crippen LogP contribution in [0.4, 0.5) is 11.8 Å². The van der Waals surface area contributed by atoms with E-state index in [0.29, 0.717) is 5.95 Å². The summed E-state index contributed by atoms with van der Waals surface area (Å²) >= 11 is 0. The van der Waals surface area contributed by atoms with Crippen LogP contribution in [0.15, 0.2) is 36.4 Å². The lowest BCUT2D eigenvalue weighted by Gasteiger charge is -2.29. The van der Waals surface area contributed by atoms with Crippen LogP contribution in [0.5, 0.6) is 0 Å². The number of nitrogens with one attached hydrogen (secondary N) is 2. The maximum Gasteiger partial charge on any atom is 0.224 e. The van der Waals surface area contributed by atoms with Crippen molar-refractivity contribution in [2.24, 2.45) is 5.92 Å². The first-order valence-corrected chi connectivity index (χ1v) is 9.07. The minimum Gasteiger partial charge on any atom is -0.370 e. The first kappa shape index (κ1) is 16.7. The van der Waals surface area contributed by atoms with E-state index in [2.05, 4.69) is 50.9 Å². The molecule has 128 valence electrons. The van der Waals surface area contributed by atoms with Crippen molar-refractivity contribution < 1.29 is 0 Å². The summed E-state index contributed by atoms with van der Waals surface area (Å²) in [4.78, 5) is 8.78. The summed E-state index contributed by atoms with van der Waals surface area (Å²) in [7, 11) is 1.85. The number of benzene rings is 1. The second kappa shape index (κ2) is 8.13. The van der Waals surface area contributed by atoms with E-state index in [1.165, 1.54) is 37.7 Å². The molecule has 0 amide bonds. The van der Waals surface area contributed by atoms with Gasteiger partial charge in [-0.1, -0.05) is 30.3 Å². The van der Waals surface area contributed by atoms with Crippen molar-refractivity contribution in [1.82, 2.24) is 9.97 Å². The average molecular weight is 324 g/mol. The lowest BCUT2D eigenvalue weighted by molar-refractivity contribution is 0.315. The van der Waals surface area contributed by atoms with Gasteiger partial charge in [-0.2, -0.15) is 4.98 Å². The number of aryl methyl sites for hydroxylation is 1. The Morgan fingerprint density at radius 3 is 2.50 bits per heavy atom. The molecule has 0 atom stereocenters. The Balaban J connectivity index is 1.43. The van der Waals surface area contributed by atoms with Crippen molar-refractivity contribution in [2.75, 3.05) is 24.2 Å². The molecule has 2 N–H and O–H groups in total. The molecule has 0 bridgehead atoms. The van der Waals surface area contributed by atoms with E-state index in [-0.39, 0.29) is 0 Å². The Labute approximate surface area is 145 Å². The van der Waals surface area contributed by atoms with Crippen LogP contribution in [-0.2, 0) is 0 Å². The van der Waals surface area contributed by atoms with E-state index in [0.717, 1.165) is 29.9 Å². The van der Waals surface area contributed by atoms with Gasteiger partial charge in [0.15, 0.2) is 0 Å². The Morgan fingerprint density at radius 1 is 1.04 bits per heavy atom. The molecule has 4 nitrogen and oxygen atoms in total. The van der Waals surface area contributed by atoms with Crippen LogP contribution in [0.1, 0.15) is 49.3 Å². The molecule has 0 saturated heterocycles. The zero-order valence-corrected chi connectivity index (χ0v) is 14.8. The van der Waals surface area contributed by atoms with Gasteiger partial charge >= 0.3 is 0 Å². The van der Waals surface area contributed by atoms with E-state index in [4.69, 9.17) is 0 Å². The average Bonchev–Trinajstić information content (AvgIpc) is 2.62. The standard InChI is InChI=1S/C20H28N4/c1-15-14-19(24-20(21-2)23-15)22-13-12-16-8-10-18(11-9-16)17-6-4-3-5-7-17/h3-7,14,16,18H,8-13H2,1-2H3,(H2,21,22,23,24). The summed E-state index contributed by atoms with van der Waals surface area (Å²) in [6.45, 7) is 2.98. The third-order valence-corrected chi connectivity index (χ3v) is 5.05. The topological polar surface area (TPSA) is 49.8 Å². The highest BCUT2D eigenvalue weighted by molar-refractivity contribution is 5.41. The van der Waals surface area contributed by atoms with Gasteiger partial charge in [-0.25, -0.2) is 4.98 Å². The smallest absolute Gasteiger partial charge is 0.224 e. The van der Waals surface area contributed by atoms with Crippen LogP contribution in [0.2, 0.25) is 0 Å². The Bertz CT molecular complexity index is 633. The molecule has 1 heterocycles. The summed E-state index contributed by atoms with van der Waals surface area (Å²) in [5, 5.41) is 6.47. The molecule has 24 heavy (non-hydrogen) atoms. The molecule has 4 heteroatoms. The number of rotatable bonds is 6. The van der Waals surface area contributed by atoms with Crippen LogP contribution in [0, 0.1) is 12.8 Å². The molecule has 2 aromatic rings. The molecule has 0 spiro atoms. The van der Waals surface area contributed by atoms with Gasteiger partial charge in [0.05, 0.1) is 0 Å². The van der Waals surface area contributed by atoms with E-state index in [1.54, 1.807) is 0 Å². The third-order valence-electron chi connectivity index (χ3n) is 5.05. The van der Waals surface area contributed by atoms with E-state index < -0.39 is 0 Å². The molecular weight excluding hydrogens is 296 g/mol. The molecule has 1 fully saturated rings. The van der Waals surface area contributed by atoms with E-state index >= 15 is 0 Å². The largest absolute Gasteiger partial charge is 0.370 e. The van der Waals surface area contributed by atoms with Gasteiger partial charge in [0, 0.05) is 25.4 Å². The fraction of sp³-hybridized carbons (Fsp3) is 0.500. The number of hydrogen-bond acceptors (Lipinski definition) is 4. The lowest BCUT2D eigenvalue weighted by atomic mass is 9.77. The van der Waals surface area contributed by atoms with Crippen LogP contribution >= 0.6 is 0 Å². The summed E-state index contributed by atoms with van der Waals surface area (Å²) in [6.07, 6.45) is 6.55. The number of anilines is 2. The van der Waals surface area contributed by atoms with Crippen molar-refractivity contribution in [2.45, 2.75) is 44.9 Å². The van der Waals surface area contributed by atoms with E-state index in [1.807, 2.05) is 20.0 Å². The van der Waals surface area contributed by atoms with Crippen molar-refractivity contribution in [3.63, 3.8) is 0 Å². The predicted molar refractivity (Wildman–Crippen MR) is 101 cm³/mol. The Kier molecular flexibility index (Phi) is 5.68. The first-order valence-electron chi connectivity index (χ1n) is 9.07. The third kappa shape index (κ3) is 4.47. The molecule has 3 rings (SSSR count). The van der Waals surface area contributed by atoms with Crippen LogP contribution in [0.25, 0.3) is 0 Å².